The lowest BCUT2D eigenvalue weighted by Crippen LogP contribution is -2.23. The van der Waals surface area contributed by atoms with Gasteiger partial charge in [0.1, 0.15) is 11.6 Å². The first kappa shape index (κ1) is 26.0. The number of benzene rings is 2. The molecule has 2 aromatic carbocycles. The molecule has 3 aromatic rings. The van der Waals surface area contributed by atoms with Gasteiger partial charge in [-0.2, -0.15) is 13.2 Å². The quantitative estimate of drug-likeness (QED) is 0.404. The molecular weight excluding hydrogens is 499 g/mol. The van der Waals surface area contributed by atoms with E-state index in [1.165, 1.54) is 32.0 Å². The fourth-order valence-electron chi connectivity index (χ4n) is 2.97. The average molecular weight is 518 g/mol. The molecule has 7 nitrogen and oxygen atoms in total. The highest BCUT2D eigenvalue weighted by atomic mass is 32.2. The van der Waals surface area contributed by atoms with E-state index in [4.69, 9.17) is 4.74 Å². The van der Waals surface area contributed by atoms with Crippen LogP contribution in [-0.2, 0) is 10.0 Å². The second kappa shape index (κ2) is 9.94. The highest BCUT2D eigenvalue weighted by Crippen LogP contribution is 2.38. The van der Waals surface area contributed by atoms with Gasteiger partial charge in [-0.1, -0.05) is 0 Å². The molecule has 2 N–H and O–H groups in total. The Hall–Kier alpha value is -3.61. The van der Waals surface area contributed by atoms with Crippen LogP contribution in [0.4, 0.5) is 27.6 Å². The Morgan fingerprint density at radius 3 is 2.29 bits per heavy atom. The van der Waals surface area contributed by atoms with Crippen molar-refractivity contribution in [3.05, 3.63) is 70.1 Å². The van der Waals surface area contributed by atoms with Crippen LogP contribution in [0.5, 0.6) is 17.2 Å². The lowest BCUT2D eigenvalue weighted by atomic mass is 10.0. The Bertz CT molecular complexity index is 1400. The van der Waals surface area contributed by atoms with Crippen LogP contribution in [0.1, 0.15) is 12.6 Å². The first-order valence-electron chi connectivity index (χ1n) is 9.99. The summed E-state index contributed by atoms with van der Waals surface area (Å²) in [6, 6.07) is 7.49. The second-order valence-corrected chi connectivity index (χ2v) is 9.31. The number of aromatic nitrogens is 1. The van der Waals surface area contributed by atoms with E-state index in [0.29, 0.717) is 6.07 Å². The Labute approximate surface area is 196 Å². The van der Waals surface area contributed by atoms with Gasteiger partial charge in [0, 0.05) is 28.6 Å². The minimum Gasteiger partial charge on any atom is -0.478 e. The van der Waals surface area contributed by atoms with E-state index in [1.807, 2.05) is 0 Å². The zero-order valence-corrected chi connectivity index (χ0v) is 19.1. The summed E-state index contributed by atoms with van der Waals surface area (Å²) in [5, 5.41) is 0. The van der Waals surface area contributed by atoms with Crippen LogP contribution in [0.15, 0.2) is 47.3 Å². The molecule has 0 fully saturated rings. The molecule has 0 radical (unpaired) electrons. The number of hydrogen-bond donors (Lipinski definition) is 2. The highest BCUT2D eigenvalue weighted by molar-refractivity contribution is 7.92. The van der Waals surface area contributed by atoms with Gasteiger partial charge in [-0.15, -0.1) is 0 Å². The Balaban J connectivity index is 2.15. The fourth-order valence-corrected chi connectivity index (χ4v) is 3.60. The summed E-state index contributed by atoms with van der Waals surface area (Å²) in [5.74, 6) is -3.20. The van der Waals surface area contributed by atoms with Gasteiger partial charge in [-0.25, -0.2) is 17.2 Å². The number of H-pyrrole nitrogens is 1. The van der Waals surface area contributed by atoms with Crippen molar-refractivity contribution in [1.82, 2.24) is 4.98 Å². The van der Waals surface area contributed by atoms with Crippen molar-refractivity contribution >= 4 is 15.7 Å². The van der Waals surface area contributed by atoms with Crippen LogP contribution in [-0.4, -0.2) is 31.9 Å². The maximum absolute atomic E-state index is 14.2. The molecule has 0 atom stereocenters. The van der Waals surface area contributed by atoms with Crippen molar-refractivity contribution in [2.45, 2.75) is 20.0 Å². The predicted molar refractivity (Wildman–Crippen MR) is 118 cm³/mol. The Kier molecular flexibility index (Phi) is 7.38. The molecule has 0 saturated carbocycles. The number of aromatic amines is 1. The van der Waals surface area contributed by atoms with Gasteiger partial charge in [-0.3, -0.25) is 9.52 Å². The van der Waals surface area contributed by atoms with E-state index < -0.39 is 45.7 Å². The topological polar surface area (TPSA) is 97.5 Å². The Morgan fingerprint density at radius 1 is 0.971 bits per heavy atom. The molecule has 1 heterocycles. The number of sulfonamides is 1. The summed E-state index contributed by atoms with van der Waals surface area (Å²) in [7, 11) is -3.70. The van der Waals surface area contributed by atoms with Gasteiger partial charge in [0.15, 0.2) is 23.9 Å². The number of halogens is 5. The van der Waals surface area contributed by atoms with E-state index in [0.717, 1.165) is 18.2 Å². The number of aryl methyl sites for hydroxylation is 1. The molecule has 0 spiro atoms. The number of alkyl halides is 3. The lowest BCUT2D eigenvalue weighted by Gasteiger charge is -2.17. The molecule has 0 aliphatic heterocycles. The van der Waals surface area contributed by atoms with Crippen molar-refractivity contribution in [3.63, 3.8) is 0 Å². The normalized spacial score (nSPS) is 11.9. The average Bonchev–Trinajstić information content (AvgIpc) is 2.75. The van der Waals surface area contributed by atoms with Crippen LogP contribution >= 0.6 is 0 Å². The maximum atomic E-state index is 14.2. The molecule has 0 saturated heterocycles. The van der Waals surface area contributed by atoms with Gasteiger partial charge < -0.3 is 14.5 Å². The van der Waals surface area contributed by atoms with E-state index in [2.05, 4.69) is 14.4 Å². The molecule has 3 rings (SSSR count). The first-order chi connectivity index (χ1) is 16.3. The summed E-state index contributed by atoms with van der Waals surface area (Å²) in [5.41, 5.74) is -0.496. The molecule has 0 aliphatic carbocycles. The minimum absolute atomic E-state index is 0.0631. The van der Waals surface area contributed by atoms with E-state index >= 15 is 0 Å². The number of ether oxygens (including phenoxy) is 2. The Morgan fingerprint density at radius 2 is 1.66 bits per heavy atom. The number of anilines is 1. The standard InChI is InChI=1S/C22H19F5N2O5S/c1-3-35(31,32)29-14-5-7-18(34-19-6-4-13(23)8-17(19)24)16(9-14)15-10-20(21(30)28-12(15)2)33-11-22(25,26)27/h4-10,29H,3,11H2,1-2H3,(H,28,30). The smallest absolute Gasteiger partial charge is 0.422 e. The van der Waals surface area contributed by atoms with Crippen molar-refractivity contribution in [2.75, 3.05) is 17.1 Å². The van der Waals surface area contributed by atoms with Crippen molar-refractivity contribution < 1.29 is 39.8 Å². The molecule has 0 aliphatic rings. The number of nitrogens with one attached hydrogen (secondary N) is 2. The van der Waals surface area contributed by atoms with Crippen molar-refractivity contribution in [1.29, 1.82) is 0 Å². The van der Waals surface area contributed by atoms with Gasteiger partial charge in [-0.05, 0) is 50.2 Å². The second-order valence-electron chi connectivity index (χ2n) is 7.30. The molecule has 188 valence electrons. The number of rotatable bonds is 8. The first-order valence-corrected chi connectivity index (χ1v) is 11.6. The zero-order chi connectivity index (χ0) is 26.0. The third-order valence-corrected chi connectivity index (χ3v) is 5.94. The summed E-state index contributed by atoms with van der Waals surface area (Å²) in [4.78, 5) is 14.5. The van der Waals surface area contributed by atoms with E-state index in [-0.39, 0.29) is 39.8 Å². The van der Waals surface area contributed by atoms with Gasteiger partial charge in [0.25, 0.3) is 5.56 Å². The predicted octanol–water partition coefficient (Wildman–Crippen LogP) is 5.12. The van der Waals surface area contributed by atoms with Crippen LogP contribution < -0.4 is 19.8 Å². The van der Waals surface area contributed by atoms with E-state index in [9.17, 15) is 35.2 Å². The largest absolute Gasteiger partial charge is 0.478 e. The molecule has 0 bridgehead atoms. The van der Waals surface area contributed by atoms with Gasteiger partial charge in [0.05, 0.1) is 5.75 Å². The SMILES string of the molecule is CCS(=O)(=O)Nc1ccc(Oc2ccc(F)cc2F)c(-c2cc(OCC(F)(F)F)c(=O)[nH]c2C)c1. The molecule has 13 heteroatoms. The summed E-state index contributed by atoms with van der Waals surface area (Å²) >= 11 is 0. The molecule has 0 amide bonds. The molecule has 0 unspecified atom stereocenters. The molecule has 1 aromatic heterocycles. The van der Waals surface area contributed by atoms with Gasteiger partial charge in [0.2, 0.25) is 10.0 Å². The number of pyridine rings is 1. The molecule has 35 heavy (non-hydrogen) atoms. The summed E-state index contributed by atoms with van der Waals surface area (Å²) in [6.07, 6.45) is -4.70. The van der Waals surface area contributed by atoms with Crippen molar-refractivity contribution in [2.24, 2.45) is 0 Å². The van der Waals surface area contributed by atoms with Crippen LogP contribution in [0, 0.1) is 18.6 Å². The monoisotopic (exact) mass is 518 g/mol. The highest BCUT2D eigenvalue weighted by Gasteiger charge is 2.29. The van der Waals surface area contributed by atoms with Crippen molar-refractivity contribution in [3.8, 4) is 28.4 Å². The van der Waals surface area contributed by atoms with E-state index in [1.54, 1.807) is 0 Å². The van der Waals surface area contributed by atoms with Gasteiger partial charge >= 0.3 is 6.18 Å². The third-order valence-electron chi connectivity index (χ3n) is 4.63. The van der Waals surface area contributed by atoms with Crippen LogP contribution in [0.3, 0.4) is 0 Å². The summed E-state index contributed by atoms with van der Waals surface area (Å²) in [6.45, 7) is 1.13. The lowest BCUT2D eigenvalue weighted by molar-refractivity contribution is -0.153. The molecular formula is C22H19F5N2O5S. The zero-order valence-electron chi connectivity index (χ0n) is 18.3. The third kappa shape index (κ3) is 6.72. The van der Waals surface area contributed by atoms with Crippen LogP contribution in [0.25, 0.3) is 11.1 Å². The fraction of sp³-hybridized carbons (Fsp3) is 0.227. The maximum Gasteiger partial charge on any atom is 0.422 e. The minimum atomic E-state index is -4.70. The number of hydrogen-bond acceptors (Lipinski definition) is 5. The van der Waals surface area contributed by atoms with Crippen LogP contribution in [0.2, 0.25) is 0 Å². The summed E-state index contributed by atoms with van der Waals surface area (Å²) < 4.78 is 102.